The van der Waals surface area contributed by atoms with Gasteiger partial charge in [-0.25, -0.2) is 4.39 Å². The number of nitrogens with one attached hydrogen (secondary N) is 1. The number of ketones is 1. The molecule has 116 valence electrons. The summed E-state index contributed by atoms with van der Waals surface area (Å²) in [6, 6.07) is 11.9. The topological polar surface area (TPSA) is 42.1 Å². The molecule has 4 heteroatoms. The maximum Gasteiger partial charge on any atom is 0.187 e. The van der Waals surface area contributed by atoms with Crippen molar-refractivity contribution in [2.75, 3.05) is 6.61 Å². The van der Waals surface area contributed by atoms with Crippen molar-refractivity contribution < 1.29 is 13.9 Å². The van der Waals surface area contributed by atoms with Crippen LogP contribution in [0.15, 0.2) is 54.7 Å². The number of fused-ring (bicyclic) bond motifs is 1. The van der Waals surface area contributed by atoms with E-state index in [4.69, 9.17) is 4.74 Å². The van der Waals surface area contributed by atoms with Gasteiger partial charge in [0.2, 0.25) is 0 Å². The zero-order chi connectivity index (χ0) is 16.2. The van der Waals surface area contributed by atoms with Gasteiger partial charge in [-0.3, -0.25) is 4.79 Å². The summed E-state index contributed by atoms with van der Waals surface area (Å²) in [4.78, 5) is 15.3. The van der Waals surface area contributed by atoms with Gasteiger partial charge in [0.05, 0.1) is 6.61 Å². The van der Waals surface area contributed by atoms with E-state index in [2.05, 4.69) is 4.98 Å². The van der Waals surface area contributed by atoms with Crippen LogP contribution in [0.4, 0.5) is 4.39 Å². The van der Waals surface area contributed by atoms with Crippen molar-refractivity contribution in [3.63, 3.8) is 0 Å². The lowest BCUT2D eigenvalue weighted by Crippen LogP contribution is -1.93. The van der Waals surface area contributed by atoms with Gasteiger partial charge in [0.25, 0.3) is 0 Å². The Balaban J connectivity index is 1.84. The maximum atomic E-state index is 13.2. The molecule has 0 aliphatic heterocycles. The summed E-state index contributed by atoms with van der Waals surface area (Å²) in [5.74, 6) is 0.302. The molecule has 1 aromatic heterocycles. The normalized spacial score (nSPS) is 11.2. The Bertz CT molecular complexity index is 880. The van der Waals surface area contributed by atoms with Crippen molar-refractivity contribution in [1.29, 1.82) is 0 Å². The molecule has 23 heavy (non-hydrogen) atoms. The Morgan fingerprint density at radius 2 is 2.13 bits per heavy atom. The van der Waals surface area contributed by atoms with E-state index in [1.54, 1.807) is 18.3 Å². The van der Waals surface area contributed by atoms with E-state index in [1.165, 1.54) is 18.2 Å². The minimum Gasteiger partial charge on any atom is -0.494 e. The highest BCUT2D eigenvalue weighted by atomic mass is 19.1. The number of rotatable bonds is 5. The van der Waals surface area contributed by atoms with Gasteiger partial charge < -0.3 is 9.72 Å². The molecule has 0 amide bonds. The first-order valence-electron chi connectivity index (χ1n) is 7.39. The predicted molar refractivity (Wildman–Crippen MR) is 89.2 cm³/mol. The number of allylic oxidation sites excluding steroid dienone is 1. The summed E-state index contributed by atoms with van der Waals surface area (Å²) in [6.07, 6.45) is 4.86. The van der Waals surface area contributed by atoms with Gasteiger partial charge >= 0.3 is 0 Å². The Hall–Kier alpha value is -2.88. The van der Waals surface area contributed by atoms with E-state index < -0.39 is 0 Å². The molecular weight excluding hydrogens is 293 g/mol. The highest BCUT2D eigenvalue weighted by Crippen LogP contribution is 2.21. The fourth-order valence-corrected chi connectivity index (χ4v) is 2.44. The molecule has 0 radical (unpaired) electrons. The fraction of sp³-hybridized carbons (Fsp3) is 0.105. The van der Waals surface area contributed by atoms with Crippen LogP contribution in [0.2, 0.25) is 0 Å². The minimum atomic E-state index is -0.332. The second kappa shape index (κ2) is 6.48. The number of benzene rings is 2. The molecule has 0 spiro atoms. The van der Waals surface area contributed by atoms with Crippen molar-refractivity contribution in [2.24, 2.45) is 0 Å². The number of ether oxygens (including phenoxy) is 1. The van der Waals surface area contributed by atoms with E-state index in [-0.39, 0.29) is 11.6 Å². The summed E-state index contributed by atoms with van der Waals surface area (Å²) in [5.41, 5.74) is 2.02. The first-order valence-corrected chi connectivity index (χ1v) is 7.39. The van der Waals surface area contributed by atoms with Gasteiger partial charge in [0.15, 0.2) is 5.78 Å². The second-order valence-electron chi connectivity index (χ2n) is 5.10. The van der Waals surface area contributed by atoms with Crippen LogP contribution in [0, 0.1) is 5.82 Å². The summed E-state index contributed by atoms with van der Waals surface area (Å²) >= 11 is 0. The summed E-state index contributed by atoms with van der Waals surface area (Å²) in [6.45, 7) is 2.52. The van der Waals surface area contributed by atoms with E-state index in [1.807, 2.05) is 31.2 Å². The van der Waals surface area contributed by atoms with E-state index >= 15 is 0 Å². The number of carbonyl (C=O) groups is 1. The monoisotopic (exact) mass is 309 g/mol. The number of aromatic nitrogens is 1. The van der Waals surface area contributed by atoms with Crippen molar-refractivity contribution in [3.8, 4) is 5.75 Å². The first kappa shape index (κ1) is 15.0. The quantitative estimate of drug-likeness (QED) is 0.553. The average Bonchev–Trinajstić information content (AvgIpc) is 2.96. The number of hydrogen-bond donors (Lipinski definition) is 1. The summed E-state index contributed by atoms with van der Waals surface area (Å²) in [7, 11) is 0. The molecule has 0 unspecified atom stereocenters. The van der Waals surface area contributed by atoms with Crippen LogP contribution in [0.1, 0.15) is 22.8 Å². The molecular formula is C19H16FNO2. The number of halogens is 1. The molecule has 1 heterocycles. The van der Waals surface area contributed by atoms with Gasteiger partial charge in [-0.1, -0.05) is 18.2 Å². The smallest absolute Gasteiger partial charge is 0.187 e. The van der Waals surface area contributed by atoms with Crippen molar-refractivity contribution in [2.45, 2.75) is 6.92 Å². The van der Waals surface area contributed by atoms with Crippen LogP contribution in [0.5, 0.6) is 5.75 Å². The lowest BCUT2D eigenvalue weighted by Gasteiger charge is -2.02. The summed E-state index contributed by atoms with van der Waals surface area (Å²) in [5, 5.41) is 0.712. The molecule has 0 fully saturated rings. The van der Waals surface area contributed by atoms with Crippen LogP contribution in [-0.4, -0.2) is 17.4 Å². The van der Waals surface area contributed by atoms with E-state index in [9.17, 15) is 9.18 Å². The van der Waals surface area contributed by atoms with Gasteiger partial charge in [-0.05, 0) is 48.9 Å². The van der Waals surface area contributed by atoms with E-state index in [0.29, 0.717) is 23.1 Å². The van der Waals surface area contributed by atoms with Gasteiger partial charge in [-0.15, -0.1) is 0 Å². The first-order chi connectivity index (χ1) is 11.2. The van der Waals surface area contributed by atoms with Gasteiger partial charge in [0.1, 0.15) is 11.6 Å². The molecule has 2 aromatic carbocycles. The average molecular weight is 309 g/mol. The molecule has 3 nitrogen and oxygen atoms in total. The van der Waals surface area contributed by atoms with Crippen molar-refractivity contribution in [3.05, 3.63) is 71.7 Å². The van der Waals surface area contributed by atoms with Crippen LogP contribution < -0.4 is 4.74 Å². The zero-order valence-electron chi connectivity index (χ0n) is 12.7. The van der Waals surface area contributed by atoms with Gasteiger partial charge in [-0.2, -0.15) is 0 Å². The molecule has 0 atom stereocenters. The standard InChI is InChI=1S/C19H16FNO2/c1-2-23-15-5-3-4-13(10-15)6-9-19(22)17-12-21-18-11-14(20)7-8-16(17)18/h3-12,21H,2H2,1H3/b9-6+. The van der Waals surface area contributed by atoms with Crippen molar-refractivity contribution >= 4 is 22.8 Å². The summed E-state index contributed by atoms with van der Waals surface area (Å²) < 4.78 is 18.6. The molecule has 0 saturated carbocycles. The maximum absolute atomic E-state index is 13.2. The molecule has 3 aromatic rings. The molecule has 3 rings (SSSR count). The van der Waals surface area contributed by atoms with E-state index in [0.717, 1.165) is 11.3 Å². The highest BCUT2D eigenvalue weighted by molar-refractivity contribution is 6.14. The number of hydrogen-bond acceptors (Lipinski definition) is 2. The lowest BCUT2D eigenvalue weighted by molar-refractivity contribution is 0.104. The highest BCUT2D eigenvalue weighted by Gasteiger charge is 2.09. The fourth-order valence-electron chi connectivity index (χ4n) is 2.44. The number of aromatic amines is 1. The van der Waals surface area contributed by atoms with Crippen molar-refractivity contribution in [1.82, 2.24) is 4.98 Å². The Morgan fingerprint density at radius 3 is 2.96 bits per heavy atom. The third kappa shape index (κ3) is 3.31. The third-order valence-corrected chi connectivity index (χ3v) is 3.51. The molecule has 0 aliphatic carbocycles. The molecule has 0 bridgehead atoms. The zero-order valence-corrected chi connectivity index (χ0v) is 12.7. The minimum absolute atomic E-state index is 0.135. The SMILES string of the molecule is CCOc1cccc(/C=C/C(=O)c2c[nH]c3cc(F)ccc23)c1. The molecule has 1 N–H and O–H groups in total. The number of carbonyl (C=O) groups excluding carboxylic acids is 1. The Labute approximate surface area is 133 Å². The van der Waals surface area contributed by atoms with Gasteiger partial charge in [0, 0.05) is 22.7 Å². The van der Waals surface area contributed by atoms with Crippen LogP contribution in [-0.2, 0) is 0 Å². The Morgan fingerprint density at radius 1 is 1.26 bits per heavy atom. The second-order valence-corrected chi connectivity index (χ2v) is 5.10. The molecule has 0 aliphatic rings. The molecule has 0 saturated heterocycles. The van der Waals surface area contributed by atoms with Crippen LogP contribution in [0.3, 0.4) is 0 Å². The van der Waals surface area contributed by atoms with Crippen LogP contribution in [0.25, 0.3) is 17.0 Å². The lowest BCUT2D eigenvalue weighted by atomic mass is 10.1. The number of H-pyrrole nitrogens is 1. The largest absolute Gasteiger partial charge is 0.494 e. The Kier molecular flexibility index (Phi) is 4.24. The predicted octanol–water partition coefficient (Wildman–Crippen LogP) is 4.60. The van der Waals surface area contributed by atoms with Crippen LogP contribution >= 0.6 is 0 Å². The third-order valence-electron chi connectivity index (χ3n) is 3.51.